The molecule has 112 valence electrons. The van der Waals surface area contributed by atoms with E-state index in [0.29, 0.717) is 5.25 Å². The molecule has 0 bridgehead atoms. The van der Waals surface area contributed by atoms with Crippen molar-refractivity contribution in [3.63, 3.8) is 0 Å². The molecular weight excluding hydrogens is 270 g/mol. The Hall–Kier alpha value is -0.780. The molecule has 2 rings (SSSR count). The first-order valence-corrected chi connectivity index (χ1v) is 8.29. The van der Waals surface area contributed by atoms with E-state index in [1.54, 1.807) is 7.11 Å². The molecule has 1 aromatic rings. The summed E-state index contributed by atoms with van der Waals surface area (Å²) in [5.74, 6) is 7.97. The predicted molar refractivity (Wildman–Crippen MR) is 85.2 cm³/mol. The average Bonchev–Trinajstić information content (AvgIpc) is 2.48. The van der Waals surface area contributed by atoms with Gasteiger partial charge in [-0.3, -0.25) is 16.3 Å². The van der Waals surface area contributed by atoms with Crippen LogP contribution in [-0.2, 0) is 6.42 Å². The van der Waals surface area contributed by atoms with E-state index in [0.717, 1.165) is 29.0 Å². The number of aromatic nitrogens is 1. The first kappa shape index (κ1) is 15.6. The fourth-order valence-corrected chi connectivity index (χ4v) is 4.28. The third-order valence-corrected chi connectivity index (χ3v) is 5.56. The van der Waals surface area contributed by atoms with Crippen LogP contribution >= 0.6 is 11.8 Å². The highest BCUT2D eigenvalue weighted by Crippen LogP contribution is 2.30. The van der Waals surface area contributed by atoms with Crippen molar-refractivity contribution in [1.29, 1.82) is 0 Å². The minimum absolute atomic E-state index is 0.277. The number of pyridine rings is 1. The second-order valence-corrected chi connectivity index (χ2v) is 6.78. The molecule has 0 saturated carbocycles. The molecule has 2 heterocycles. The van der Waals surface area contributed by atoms with Crippen molar-refractivity contribution in [3.05, 3.63) is 23.0 Å². The molecular formula is C15H25N3OS. The Balaban J connectivity index is 2.14. The van der Waals surface area contributed by atoms with Crippen molar-refractivity contribution >= 4 is 11.8 Å². The highest BCUT2D eigenvalue weighted by molar-refractivity contribution is 8.00. The number of thioether (sulfide) groups is 1. The topological polar surface area (TPSA) is 60.2 Å². The van der Waals surface area contributed by atoms with E-state index in [1.165, 1.54) is 25.0 Å². The average molecular weight is 295 g/mol. The molecule has 0 aliphatic carbocycles. The molecule has 1 saturated heterocycles. The van der Waals surface area contributed by atoms with Crippen LogP contribution < -0.4 is 16.0 Å². The molecule has 1 aliphatic rings. The van der Waals surface area contributed by atoms with Crippen LogP contribution in [0.4, 0.5) is 0 Å². The van der Waals surface area contributed by atoms with Gasteiger partial charge < -0.3 is 4.74 Å². The second kappa shape index (κ2) is 7.29. The van der Waals surface area contributed by atoms with Gasteiger partial charge in [-0.15, -0.1) is 0 Å². The van der Waals surface area contributed by atoms with Gasteiger partial charge in [-0.25, -0.2) is 0 Å². The minimum atomic E-state index is 0.277. The molecule has 0 spiro atoms. The Kier molecular flexibility index (Phi) is 5.69. The summed E-state index contributed by atoms with van der Waals surface area (Å²) in [6, 6.07) is 0.277. The lowest BCUT2D eigenvalue weighted by molar-refractivity contribution is 0.405. The maximum atomic E-state index is 5.78. The summed E-state index contributed by atoms with van der Waals surface area (Å²) in [5.41, 5.74) is 6.30. The summed E-state index contributed by atoms with van der Waals surface area (Å²) in [6.07, 6.45) is 6.62. The highest BCUT2D eigenvalue weighted by Gasteiger charge is 2.25. The summed E-state index contributed by atoms with van der Waals surface area (Å²) in [6.45, 7) is 4.11. The number of ether oxygens (including phenoxy) is 1. The summed E-state index contributed by atoms with van der Waals surface area (Å²) in [5, 5.41) is 0.585. The molecule has 1 aromatic heterocycles. The number of hydrogen-bond donors (Lipinski definition) is 2. The Labute approximate surface area is 125 Å². The highest BCUT2D eigenvalue weighted by atomic mass is 32.2. The third kappa shape index (κ3) is 3.45. The first-order valence-electron chi connectivity index (χ1n) is 7.24. The molecule has 5 heteroatoms. The molecule has 3 N–H and O–H groups in total. The van der Waals surface area contributed by atoms with E-state index in [9.17, 15) is 0 Å². The largest absolute Gasteiger partial charge is 0.496 e. The van der Waals surface area contributed by atoms with Crippen LogP contribution in [0, 0.1) is 13.8 Å². The number of aryl methyl sites for hydroxylation is 1. The van der Waals surface area contributed by atoms with Crippen LogP contribution in [0.1, 0.15) is 36.1 Å². The van der Waals surface area contributed by atoms with Crippen molar-refractivity contribution < 1.29 is 4.74 Å². The van der Waals surface area contributed by atoms with E-state index >= 15 is 0 Å². The van der Waals surface area contributed by atoms with E-state index in [1.807, 2.05) is 24.9 Å². The Morgan fingerprint density at radius 3 is 2.90 bits per heavy atom. The van der Waals surface area contributed by atoms with E-state index < -0.39 is 0 Å². The number of nitrogens with two attached hydrogens (primary N) is 1. The molecule has 2 atom stereocenters. The van der Waals surface area contributed by atoms with Gasteiger partial charge in [0, 0.05) is 40.7 Å². The van der Waals surface area contributed by atoms with Gasteiger partial charge in [0.15, 0.2) is 0 Å². The summed E-state index contributed by atoms with van der Waals surface area (Å²) in [4.78, 5) is 4.58. The Morgan fingerprint density at radius 1 is 1.50 bits per heavy atom. The molecule has 1 aliphatic heterocycles. The quantitative estimate of drug-likeness (QED) is 0.645. The molecule has 0 aromatic carbocycles. The van der Waals surface area contributed by atoms with Crippen LogP contribution in [0.15, 0.2) is 6.20 Å². The zero-order valence-corrected chi connectivity index (χ0v) is 13.4. The third-order valence-electron chi connectivity index (χ3n) is 4.04. The van der Waals surface area contributed by atoms with Gasteiger partial charge in [0.25, 0.3) is 0 Å². The van der Waals surface area contributed by atoms with Crippen molar-refractivity contribution in [1.82, 2.24) is 10.4 Å². The fraction of sp³-hybridized carbons (Fsp3) is 0.667. The van der Waals surface area contributed by atoms with Crippen molar-refractivity contribution in [3.8, 4) is 5.75 Å². The molecule has 0 radical (unpaired) electrons. The van der Waals surface area contributed by atoms with Crippen LogP contribution in [-0.4, -0.2) is 29.1 Å². The number of rotatable bonds is 5. The monoisotopic (exact) mass is 295 g/mol. The van der Waals surface area contributed by atoms with E-state index in [-0.39, 0.29) is 6.04 Å². The van der Waals surface area contributed by atoms with Gasteiger partial charge in [0.05, 0.1) is 7.11 Å². The smallest absolute Gasteiger partial charge is 0.128 e. The van der Waals surface area contributed by atoms with Gasteiger partial charge in [0.1, 0.15) is 5.75 Å². The Bertz CT molecular complexity index is 447. The molecule has 1 fully saturated rings. The summed E-state index contributed by atoms with van der Waals surface area (Å²) in [7, 11) is 1.72. The lowest BCUT2D eigenvalue weighted by Crippen LogP contribution is -2.45. The van der Waals surface area contributed by atoms with Gasteiger partial charge in [-0.05, 0) is 32.4 Å². The van der Waals surface area contributed by atoms with Crippen LogP contribution in [0.25, 0.3) is 0 Å². The van der Waals surface area contributed by atoms with Gasteiger partial charge in [0.2, 0.25) is 0 Å². The van der Waals surface area contributed by atoms with Crippen LogP contribution in [0.3, 0.4) is 0 Å². The van der Waals surface area contributed by atoms with E-state index in [2.05, 4.69) is 17.3 Å². The Morgan fingerprint density at radius 2 is 2.30 bits per heavy atom. The minimum Gasteiger partial charge on any atom is -0.496 e. The van der Waals surface area contributed by atoms with Gasteiger partial charge in [-0.1, -0.05) is 6.42 Å². The second-order valence-electron chi connectivity index (χ2n) is 5.43. The number of nitrogens with one attached hydrogen (secondary N) is 1. The maximum Gasteiger partial charge on any atom is 0.128 e. The number of methoxy groups -OCH3 is 1. The summed E-state index contributed by atoms with van der Waals surface area (Å²) < 4.78 is 5.48. The molecule has 0 amide bonds. The zero-order valence-electron chi connectivity index (χ0n) is 12.6. The van der Waals surface area contributed by atoms with Crippen LogP contribution in [0.2, 0.25) is 0 Å². The van der Waals surface area contributed by atoms with Gasteiger partial charge in [-0.2, -0.15) is 11.8 Å². The van der Waals surface area contributed by atoms with Gasteiger partial charge >= 0.3 is 0 Å². The molecule has 4 nitrogen and oxygen atoms in total. The molecule has 2 unspecified atom stereocenters. The molecule has 20 heavy (non-hydrogen) atoms. The summed E-state index contributed by atoms with van der Waals surface area (Å²) >= 11 is 2.03. The van der Waals surface area contributed by atoms with Crippen molar-refractivity contribution in [2.75, 3.05) is 12.9 Å². The standard InChI is InChI=1S/C15H25N3OS/c1-10-9-17-12(11(2)15(10)19-3)8-13(18-16)14-6-4-5-7-20-14/h9,13-14,18H,4-8,16H2,1-3H3. The van der Waals surface area contributed by atoms with E-state index in [4.69, 9.17) is 10.6 Å². The fourth-order valence-electron chi connectivity index (χ4n) is 2.87. The number of hydrazine groups is 1. The SMILES string of the molecule is COc1c(C)cnc(CC(NN)C2CCCCS2)c1C. The number of hydrogen-bond acceptors (Lipinski definition) is 5. The lowest BCUT2D eigenvalue weighted by Gasteiger charge is -2.29. The zero-order chi connectivity index (χ0) is 14.5. The predicted octanol–water partition coefficient (Wildman–Crippen LogP) is 2.37. The van der Waals surface area contributed by atoms with Crippen molar-refractivity contribution in [2.24, 2.45) is 5.84 Å². The van der Waals surface area contributed by atoms with Crippen LogP contribution in [0.5, 0.6) is 5.75 Å². The number of nitrogens with zero attached hydrogens (tertiary/aromatic N) is 1. The first-order chi connectivity index (χ1) is 9.67. The lowest BCUT2D eigenvalue weighted by atomic mass is 9.99. The normalized spacial score (nSPS) is 20.7. The maximum absolute atomic E-state index is 5.78. The van der Waals surface area contributed by atoms with Crippen molar-refractivity contribution in [2.45, 2.75) is 50.8 Å².